The number of carbonyl (C=O) groups is 1. The molecule has 0 aromatic carbocycles. The van der Waals surface area contributed by atoms with Crippen LogP contribution in [0.1, 0.15) is 6.92 Å². The molecule has 1 fully saturated rings. The van der Waals surface area contributed by atoms with E-state index in [1.165, 1.54) is 26.0 Å². The summed E-state index contributed by atoms with van der Waals surface area (Å²) in [7, 11) is 3.06. The first-order valence-corrected chi connectivity index (χ1v) is 9.69. The predicted molar refractivity (Wildman–Crippen MR) is 90.1 cm³/mol. The maximum atomic E-state index is 12.3. The normalized spacial score (nSPS) is 16.3. The van der Waals surface area contributed by atoms with Gasteiger partial charge in [-0.25, -0.2) is 0 Å². The molecule has 1 aliphatic rings. The molecule has 22 heavy (non-hydrogen) atoms. The van der Waals surface area contributed by atoms with Crippen LogP contribution in [-0.2, 0) is 9.53 Å². The molecule has 1 aliphatic heterocycles. The zero-order valence-electron chi connectivity index (χ0n) is 12.6. The zero-order chi connectivity index (χ0) is 15.9. The quantitative estimate of drug-likeness (QED) is 0.413. The van der Waals surface area contributed by atoms with Crippen LogP contribution in [0, 0.1) is 0 Å². The summed E-state index contributed by atoms with van der Waals surface area (Å²) in [6.45, 7) is 2.17. The summed E-state index contributed by atoms with van der Waals surface area (Å²) in [4.78, 5) is 20.8. The Bertz CT molecular complexity index is 490. The van der Waals surface area contributed by atoms with E-state index in [1.54, 1.807) is 36.5 Å². The van der Waals surface area contributed by atoms with Gasteiger partial charge in [-0.2, -0.15) is 9.97 Å². The van der Waals surface area contributed by atoms with Crippen LogP contribution in [0.25, 0.3) is 0 Å². The molecular weight excluding hydrogens is 344 g/mol. The van der Waals surface area contributed by atoms with Crippen molar-refractivity contribution in [2.45, 2.75) is 21.9 Å². The van der Waals surface area contributed by atoms with Crippen LogP contribution in [0.15, 0.2) is 11.2 Å². The highest BCUT2D eigenvalue weighted by Crippen LogP contribution is 2.41. The van der Waals surface area contributed by atoms with Gasteiger partial charge in [-0.3, -0.25) is 4.79 Å². The van der Waals surface area contributed by atoms with Gasteiger partial charge in [0.2, 0.25) is 11.8 Å². The molecule has 6 nitrogen and oxygen atoms in total. The minimum Gasteiger partial charge on any atom is -0.481 e. The minimum atomic E-state index is -0.353. The third-order valence-electron chi connectivity index (χ3n) is 2.72. The smallest absolute Gasteiger partial charge is 0.321 e. The number of hydrogen-bond acceptors (Lipinski definition) is 9. The molecule has 0 saturated carbocycles. The second-order valence-electron chi connectivity index (χ2n) is 4.14. The molecule has 1 aromatic rings. The van der Waals surface area contributed by atoms with Crippen molar-refractivity contribution in [2.75, 3.05) is 32.3 Å². The summed E-state index contributed by atoms with van der Waals surface area (Å²) < 4.78 is 15.6. The molecule has 9 heteroatoms. The van der Waals surface area contributed by atoms with Crippen molar-refractivity contribution in [1.82, 2.24) is 9.97 Å². The molecule has 1 aromatic heterocycles. The van der Waals surface area contributed by atoms with E-state index < -0.39 is 0 Å². The summed E-state index contributed by atoms with van der Waals surface area (Å²) in [6, 6.07) is 1.60. The molecule has 0 N–H and O–H groups in total. The summed E-state index contributed by atoms with van der Waals surface area (Å²) in [5.41, 5.74) is 0. The van der Waals surface area contributed by atoms with Crippen LogP contribution >= 0.6 is 35.3 Å². The summed E-state index contributed by atoms with van der Waals surface area (Å²) in [6.07, 6.45) is 0. The van der Waals surface area contributed by atoms with Gasteiger partial charge in [0.05, 0.1) is 31.5 Å². The van der Waals surface area contributed by atoms with Crippen molar-refractivity contribution in [2.24, 2.45) is 0 Å². The van der Waals surface area contributed by atoms with E-state index in [9.17, 15) is 4.79 Å². The number of aromatic nitrogens is 2. The Morgan fingerprint density at radius 1 is 1.32 bits per heavy atom. The van der Waals surface area contributed by atoms with Gasteiger partial charge < -0.3 is 14.2 Å². The van der Waals surface area contributed by atoms with Crippen LogP contribution in [0.4, 0.5) is 0 Å². The van der Waals surface area contributed by atoms with Crippen molar-refractivity contribution in [3.63, 3.8) is 0 Å². The van der Waals surface area contributed by atoms with Crippen molar-refractivity contribution in [3.8, 4) is 11.8 Å². The van der Waals surface area contributed by atoms with Crippen molar-refractivity contribution >= 4 is 41.3 Å². The van der Waals surface area contributed by atoms with Crippen LogP contribution in [0.5, 0.6) is 11.8 Å². The Morgan fingerprint density at radius 3 is 2.41 bits per heavy atom. The monoisotopic (exact) mass is 362 g/mol. The highest BCUT2D eigenvalue weighted by molar-refractivity contribution is 8.21. The van der Waals surface area contributed by atoms with Gasteiger partial charge in [-0.1, -0.05) is 11.8 Å². The SMILES string of the molecule is CCOC(=O)C(Sc1nc(OC)cc(OC)n1)C1SCCS1. The molecule has 1 unspecified atom stereocenters. The van der Waals surface area contributed by atoms with Crippen LogP contribution in [0.2, 0.25) is 0 Å². The third kappa shape index (κ3) is 4.60. The standard InChI is InChI=1S/C13H18N2O4S3/c1-4-19-11(16)10(12-20-5-6-21-12)22-13-14-8(17-2)7-9(15-13)18-3/h7,10,12H,4-6H2,1-3H3. The summed E-state index contributed by atoms with van der Waals surface area (Å²) >= 11 is 4.83. The van der Waals surface area contributed by atoms with Crippen molar-refractivity contribution in [1.29, 1.82) is 0 Å². The molecule has 0 spiro atoms. The van der Waals surface area contributed by atoms with E-state index in [0.29, 0.717) is 23.5 Å². The lowest BCUT2D eigenvalue weighted by Gasteiger charge is -2.19. The molecule has 0 radical (unpaired) electrons. The molecule has 1 atom stereocenters. The van der Waals surface area contributed by atoms with Gasteiger partial charge in [0.25, 0.3) is 0 Å². The van der Waals surface area contributed by atoms with E-state index in [0.717, 1.165) is 11.5 Å². The van der Waals surface area contributed by atoms with E-state index in [1.807, 2.05) is 0 Å². The van der Waals surface area contributed by atoms with Crippen LogP contribution < -0.4 is 9.47 Å². The Hall–Kier alpha value is -0.800. The van der Waals surface area contributed by atoms with Crippen molar-refractivity contribution in [3.05, 3.63) is 6.07 Å². The molecule has 0 bridgehead atoms. The molecule has 1 saturated heterocycles. The lowest BCUT2D eigenvalue weighted by Crippen LogP contribution is -2.28. The number of rotatable bonds is 7. The number of hydrogen-bond donors (Lipinski definition) is 0. The number of ether oxygens (including phenoxy) is 3. The summed E-state index contributed by atoms with van der Waals surface area (Å²) in [5.74, 6) is 2.65. The lowest BCUT2D eigenvalue weighted by atomic mass is 10.5. The van der Waals surface area contributed by atoms with Crippen LogP contribution in [0.3, 0.4) is 0 Å². The van der Waals surface area contributed by atoms with Gasteiger partial charge in [-0.05, 0) is 6.92 Å². The first-order valence-electron chi connectivity index (χ1n) is 6.71. The number of esters is 1. The average molecular weight is 362 g/mol. The van der Waals surface area contributed by atoms with Crippen molar-refractivity contribution < 1.29 is 19.0 Å². The molecular formula is C13H18N2O4S3. The molecule has 2 rings (SSSR count). The molecule has 0 amide bonds. The second kappa shape index (κ2) is 8.73. The number of carbonyl (C=O) groups excluding carboxylic acids is 1. The number of methoxy groups -OCH3 is 2. The fraction of sp³-hybridized carbons (Fsp3) is 0.615. The van der Waals surface area contributed by atoms with E-state index in [4.69, 9.17) is 14.2 Å². The summed E-state index contributed by atoms with van der Waals surface area (Å²) in [5, 5.41) is 0.0941. The van der Waals surface area contributed by atoms with Gasteiger partial charge >= 0.3 is 5.97 Å². The second-order valence-corrected chi connectivity index (χ2v) is 8.04. The maximum absolute atomic E-state index is 12.3. The molecule has 2 heterocycles. The van der Waals surface area contributed by atoms with Gasteiger partial charge in [0.15, 0.2) is 5.16 Å². The lowest BCUT2D eigenvalue weighted by molar-refractivity contribution is -0.142. The fourth-order valence-corrected chi connectivity index (χ4v) is 6.11. The average Bonchev–Trinajstić information content (AvgIpc) is 3.06. The Kier molecular flexibility index (Phi) is 6.97. The van der Waals surface area contributed by atoms with Gasteiger partial charge in [-0.15, -0.1) is 23.5 Å². The predicted octanol–water partition coefficient (Wildman–Crippen LogP) is 2.32. The Morgan fingerprint density at radius 2 is 1.91 bits per heavy atom. The van der Waals surface area contributed by atoms with E-state index in [2.05, 4.69) is 9.97 Å². The highest BCUT2D eigenvalue weighted by Gasteiger charge is 2.35. The largest absolute Gasteiger partial charge is 0.481 e. The van der Waals surface area contributed by atoms with Gasteiger partial charge in [0.1, 0.15) is 5.25 Å². The first-order chi connectivity index (χ1) is 10.7. The third-order valence-corrected chi connectivity index (χ3v) is 7.34. The van der Waals surface area contributed by atoms with E-state index in [-0.39, 0.29) is 15.8 Å². The molecule has 0 aliphatic carbocycles. The zero-order valence-corrected chi connectivity index (χ0v) is 15.1. The number of nitrogens with zero attached hydrogens (tertiary/aromatic N) is 2. The maximum Gasteiger partial charge on any atom is 0.321 e. The van der Waals surface area contributed by atoms with E-state index >= 15 is 0 Å². The number of thioether (sulfide) groups is 3. The Balaban J connectivity index is 2.20. The minimum absolute atomic E-state index is 0.143. The fourth-order valence-electron chi connectivity index (χ4n) is 1.75. The highest BCUT2D eigenvalue weighted by atomic mass is 32.2. The topological polar surface area (TPSA) is 70.5 Å². The Labute approximate surface area is 142 Å². The first kappa shape index (κ1) is 17.6. The van der Waals surface area contributed by atoms with Crippen LogP contribution in [-0.4, -0.2) is 58.1 Å². The van der Waals surface area contributed by atoms with Gasteiger partial charge in [0, 0.05) is 11.5 Å². The molecule has 122 valence electrons.